The van der Waals surface area contributed by atoms with Gasteiger partial charge in [0.25, 0.3) is 0 Å². The van der Waals surface area contributed by atoms with Gasteiger partial charge in [-0.15, -0.1) is 0 Å². The first-order chi connectivity index (χ1) is 7.99. The van der Waals surface area contributed by atoms with Crippen molar-refractivity contribution in [1.82, 2.24) is 15.3 Å². The number of primary amides is 1. The summed E-state index contributed by atoms with van der Waals surface area (Å²) in [4.78, 5) is 18.9. The van der Waals surface area contributed by atoms with E-state index in [2.05, 4.69) is 20.6 Å². The third-order valence-electron chi connectivity index (χ3n) is 1.81. The lowest BCUT2D eigenvalue weighted by Crippen LogP contribution is -2.33. The number of thiocarbonyl (C=S) groups is 1. The molecule has 0 aliphatic heterocycles. The van der Waals surface area contributed by atoms with Gasteiger partial charge in [-0.3, -0.25) is 0 Å². The molecule has 0 aromatic carbocycles. The second-order valence-electron chi connectivity index (χ2n) is 3.30. The minimum Gasteiger partial charge on any atom is -0.388 e. The van der Waals surface area contributed by atoms with Crippen molar-refractivity contribution in [1.29, 1.82) is 0 Å². The molecule has 17 heavy (non-hydrogen) atoms. The highest BCUT2D eigenvalue weighted by molar-refractivity contribution is 7.80. The van der Waals surface area contributed by atoms with Crippen LogP contribution in [-0.2, 0) is 0 Å². The van der Waals surface area contributed by atoms with Crippen LogP contribution in [0.25, 0.3) is 0 Å². The number of hydrogen-bond donors (Lipinski definition) is 4. The van der Waals surface area contributed by atoms with E-state index in [1.54, 1.807) is 6.07 Å². The van der Waals surface area contributed by atoms with Crippen LogP contribution in [0.4, 0.5) is 10.7 Å². The van der Waals surface area contributed by atoms with Crippen molar-refractivity contribution in [2.45, 2.75) is 6.92 Å². The van der Waals surface area contributed by atoms with Gasteiger partial charge in [-0.1, -0.05) is 12.2 Å². The molecule has 1 rings (SSSR count). The van der Waals surface area contributed by atoms with Crippen LogP contribution in [0.15, 0.2) is 6.07 Å². The molecule has 7 nitrogen and oxygen atoms in total. The van der Waals surface area contributed by atoms with Gasteiger partial charge in [-0.05, 0) is 13.0 Å². The number of urea groups is 1. The maximum absolute atomic E-state index is 10.4. The number of carbonyl (C=O) groups is 1. The summed E-state index contributed by atoms with van der Waals surface area (Å²) in [5.74, 6) is 0.416. The van der Waals surface area contributed by atoms with Crippen LogP contribution in [-0.4, -0.2) is 34.1 Å². The zero-order valence-corrected chi connectivity index (χ0v) is 10.2. The number of nitrogens with zero attached hydrogens (tertiary/aromatic N) is 2. The standard InChI is InChI=1S/C9H14N6OS/c1-5-4-6(7(10)17)15-9(14-5)13-3-2-12-8(11)16/h4H,2-3H2,1H3,(H2,10,17)(H3,11,12,16)(H,13,14,15). The van der Waals surface area contributed by atoms with Crippen molar-refractivity contribution in [2.24, 2.45) is 11.5 Å². The summed E-state index contributed by atoms with van der Waals surface area (Å²) in [5.41, 5.74) is 11.7. The fourth-order valence-corrected chi connectivity index (χ4v) is 1.24. The molecular weight excluding hydrogens is 240 g/mol. The Morgan fingerprint density at radius 2 is 2.12 bits per heavy atom. The first-order valence-corrected chi connectivity index (χ1v) is 5.32. The Morgan fingerprint density at radius 3 is 2.71 bits per heavy atom. The van der Waals surface area contributed by atoms with Gasteiger partial charge in [0, 0.05) is 18.8 Å². The molecule has 6 N–H and O–H groups in total. The minimum atomic E-state index is -0.569. The summed E-state index contributed by atoms with van der Waals surface area (Å²) in [6.45, 7) is 2.66. The van der Waals surface area contributed by atoms with E-state index in [-0.39, 0.29) is 4.99 Å². The van der Waals surface area contributed by atoms with Crippen LogP contribution in [0.2, 0.25) is 0 Å². The van der Waals surface area contributed by atoms with Crippen LogP contribution in [0.5, 0.6) is 0 Å². The van der Waals surface area contributed by atoms with E-state index in [0.29, 0.717) is 24.7 Å². The van der Waals surface area contributed by atoms with Crippen molar-refractivity contribution in [3.8, 4) is 0 Å². The quantitative estimate of drug-likeness (QED) is 0.415. The van der Waals surface area contributed by atoms with E-state index >= 15 is 0 Å². The van der Waals surface area contributed by atoms with Crippen LogP contribution >= 0.6 is 12.2 Å². The van der Waals surface area contributed by atoms with Gasteiger partial charge in [0.05, 0.1) is 0 Å². The summed E-state index contributed by atoms with van der Waals surface area (Å²) in [6.07, 6.45) is 0. The minimum absolute atomic E-state index is 0.216. The summed E-state index contributed by atoms with van der Waals surface area (Å²) >= 11 is 4.84. The topological polar surface area (TPSA) is 119 Å². The van der Waals surface area contributed by atoms with Crippen molar-refractivity contribution in [3.63, 3.8) is 0 Å². The van der Waals surface area contributed by atoms with Crippen LogP contribution in [0, 0.1) is 6.92 Å². The molecule has 1 aromatic heterocycles. The van der Waals surface area contributed by atoms with E-state index in [9.17, 15) is 4.79 Å². The lowest BCUT2D eigenvalue weighted by molar-refractivity contribution is 0.249. The molecule has 0 atom stereocenters. The second-order valence-corrected chi connectivity index (χ2v) is 3.74. The van der Waals surface area contributed by atoms with Crippen LogP contribution < -0.4 is 22.1 Å². The summed E-state index contributed by atoms with van der Waals surface area (Å²) in [5, 5.41) is 5.37. The molecule has 1 heterocycles. The van der Waals surface area contributed by atoms with Gasteiger partial charge in [0.15, 0.2) is 0 Å². The average Bonchev–Trinajstić information content (AvgIpc) is 2.23. The first kappa shape index (κ1) is 13.1. The summed E-state index contributed by atoms with van der Waals surface area (Å²) < 4.78 is 0. The molecule has 92 valence electrons. The molecule has 0 aliphatic carbocycles. The highest BCUT2D eigenvalue weighted by Gasteiger charge is 2.03. The number of nitrogens with two attached hydrogens (primary N) is 2. The van der Waals surface area contributed by atoms with E-state index in [4.69, 9.17) is 23.7 Å². The fraction of sp³-hybridized carbons (Fsp3) is 0.333. The average molecular weight is 254 g/mol. The Balaban J connectivity index is 2.59. The molecule has 0 spiro atoms. The molecule has 8 heteroatoms. The molecule has 0 saturated heterocycles. The van der Waals surface area contributed by atoms with Gasteiger partial charge in [0.2, 0.25) is 5.95 Å². The maximum Gasteiger partial charge on any atom is 0.312 e. The molecule has 2 amide bonds. The molecule has 0 saturated carbocycles. The third-order valence-corrected chi connectivity index (χ3v) is 2.02. The SMILES string of the molecule is Cc1cc(C(N)=S)nc(NCCNC(N)=O)n1. The fourth-order valence-electron chi connectivity index (χ4n) is 1.13. The van der Waals surface area contributed by atoms with Crippen LogP contribution in [0.3, 0.4) is 0 Å². The third kappa shape index (κ3) is 4.60. The highest BCUT2D eigenvalue weighted by Crippen LogP contribution is 2.04. The smallest absolute Gasteiger partial charge is 0.312 e. The van der Waals surface area contributed by atoms with E-state index in [1.165, 1.54) is 0 Å². The monoisotopic (exact) mass is 254 g/mol. The van der Waals surface area contributed by atoms with Gasteiger partial charge in [0.1, 0.15) is 10.7 Å². The van der Waals surface area contributed by atoms with Crippen molar-refractivity contribution in [3.05, 3.63) is 17.5 Å². The van der Waals surface area contributed by atoms with E-state index in [1.807, 2.05) is 6.92 Å². The van der Waals surface area contributed by atoms with Crippen molar-refractivity contribution < 1.29 is 4.79 Å². The normalized spacial score (nSPS) is 9.71. The number of aromatic nitrogens is 2. The Morgan fingerprint density at radius 1 is 1.41 bits per heavy atom. The number of carbonyl (C=O) groups excluding carboxylic acids is 1. The number of nitrogens with one attached hydrogen (secondary N) is 2. The molecule has 1 aromatic rings. The van der Waals surface area contributed by atoms with Crippen molar-refractivity contribution >= 4 is 29.2 Å². The summed E-state index contributed by atoms with van der Waals surface area (Å²) in [6, 6.07) is 1.13. The number of aryl methyl sites for hydroxylation is 1. The predicted octanol–water partition coefficient (Wildman–Crippen LogP) is -0.501. The van der Waals surface area contributed by atoms with E-state index < -0.39 is 6.03 Å². The van der Waals surface area contributed by atoms with Gasteiger partial charge in [-0.2, -0.15) is 0 Å². The number of amides is 2. The molecule has 0 unspecified atom stereocenters. The molecule has 0 radical (unpaired) electrons. The molecular formula is C9H14N6OS. The molecule has 0 aliphatic rings. The van der Waals surface area contributed by atoms with Gasteiger partial charge < -0.3 is 22.1 Å². The molecule has 0 bridgehead atoms. The van der Waals surface area contributed by atoms with Gasteiger partial charge >= 0.3 is 6.03 Å². The zero-order chi connectivity index (χ0) is 12.8. The largest absolute Gasteiger partial charge is 0.388 e. The Labute approximate surface area is 104 Å². The first-order valence-electron chi connectivity index (χ1n) is 4.91. The maximum atomic E-state index is 10.4. The summed E-state index contributed by atoms with van der Waals surface area (Å²) in [7, 11) is 0. The number of hydrogen-bond acceptors (Lipinski definition) is 5. The number of anilines is 1. The highest BCUT2D eigenvalue weighted by atomic mass is 32.1. The van der Waals surface area contributed by atoms with Crippen molar-refractivity contribution in [2.75, 3.05) is 18.4 Å². The number of rotatable bonds is 5. The Bertz CT molecular complexity index is 435. The van der Waals surface area contributed by atoms with E-state index in [0.717, 1.165) is 5.69 Å². The predicted molar refractivity (Wildman–Crippen MR) is 68.7 cm³/mol. The zero-order valence-electron chi connectivity index (χ0n) is 9.36. The van der Waals surface area contributed by atoms with Gasteiger partial charge in [-0.25, -0.2) is 14.8 Å². The molecule has 0 fully saturated rings. The Hall–Kier alpha value is -1.96. The Kier molecular flexibility index (Phi) is 4.58. The lowest BCUT2D eigenvalue weighted by atomic mass is 10.3. The second kappa shape index (κ2) is 5.94. The van der Waals surface area contributed by atoms with Crippen LogP contribution in [0.1, 0.15) is 11.4 Å². The lowest BCUT2D eigenvalue weighted by Gasteiger charge is -2.07.